The van der Waals surface area contributed by atoms with E-state index in [-0.39, 0.29) is 54.5 Å². The number of nitrogens with one attached hydrogen (secondary N) is 3. The molecule has 4 aliphatic rings. The fraction of sp³-hybridized carbons (Fsp3) is 0.500. The fourth-order valence-corrected chi connectivity index (χ4v) is 9.44. The molecule has 1 aliphatic carbocycles. The first-order valence-electron chi connectivity index (χ1n) is 23.5. The van der Waals surface area contributed by atoms with Crippen molar-refractivity contribution in [2.45, 2.75) is 115 Å². The number of nitrogens with zero attached hydrogens (tertiary/aromatic N) is 8. The lowest BCUT2D eigenvalue weighted by Crippen LogP contribution is -2.47. The molecule has 1 aromatic carbocycles. The molecule has 354 valence electrons. The summed E-state index contributed by atoms with van der Waals surface area (Å²) in [6.07, 6.45) is 11.5. The highest BCUT2D eigenvalue weighted by Gasteiger charge is 2.36. The number of fused-ring (bicyclic) bond motifs is 1. The third kappa shape index (κ3) is 11.3. The zero-order valence-electron chi connectivity index (χ0n) is 38.2. The Hall–Kier alpha value is -6.76. The van der Waals surface area contributed by atoms with Gasteiger partial charge in [0.15, 0.2) is 5.65 Å². The SMILES string of the molecule is CC(C)n1nc(-c2noc(C3CC3)c2-c2ccc(CNC(=O)CCCC(=O)N3CCC(CN4CCC(c5ccc(N[C@H]6CCC(=O)NC6=O)cc5)CC4)CC3)cn2)c2c(N)ncnc21.O=CO. The Bertz CT molecular complexity index is 2540. The normalized spacial score (nSPS) is 18.4. The number of amides is 4. The molecule has 5 aromatic rings. The molecule has 1 saturated carbocycles. The van der Waals surface area contributed by atoms with Crippen molar-refractivity contribution in [2.75, 3.05) is 43.8 Å². The van der Waals surface area contributed by atoms with E-state index in [0.717, 1.165) is 93.8 Å². The number of carbonyl (C=O) groups excluding carboxylic acids is 4. The molecule has 67 heavy (non-hydrogen) atoms. The maximum Gasteiger partial charge on any atom is 0.290 e. The van der Waals surface area contributed by atoms with E-state index in [4.69, 9.17) is 30.2 Å². The molecule has 3 saturated heterocycles. The highest BCUT2D eigenvalue weighted by atomic mass is 16.5. The quantitative estimate of drug-likeness (QED) is 0.0650. The molecule has 7 heterocycles. The standard InChI is InChI=1S/C47H58N12O5.CH2O2/c1-28(2)59-46-41(45(48)51-27-52-46)42(55-59)43-40(44(64-56-43)33-7-8-33)35-13-6-30(24-49-35)25-50-37(60)4-3-5-39(62)58-22-16-29(17-23-58)26-57-20-18-32(19-21-57)31-9-11-34(12-10-31)53-36-14-15-38(61)54-47(36)63;2-1-3/h6,9-13,24,27-29,32-33,36,53H,3-5,7-8,14-23,25-26H2,1-2H3,(H,50,60)(H2,48,51,52)(H,54,61,63);1H,(H,2,3)/t36-;/m0./s1. The molecule has 1 atom stereocenters. The lowest BCUT2D eigenvalue weighted by molar-refractivity contribution is -0.134. The van der Waals surface area contributed by atoms with E-state index in [1.807, 2.05) is 47.7 Å². The molecule has 19 heteroatoms. The summed E-state index contributed by atoms with van der Waals surface area (Å²) in [5, 5.41) is 25.5. The number of carboxylic acid groups (broad SMARTS) is 1. The number of nitrogen functional groups attached to an aromatic ring is 1. The average molecular weight is 917 g/mol. The van der Waals surface area contributed by atoms with Gasteiger partial charge < -0.3 is 35.8 Å². The van der Waals surface area contributed by atoms with Crippen LogP contribution >= 0.6 is 0 Å². The van der Waals surface area contributed by atoms with Crippen molar-refractivity contribution in [3.05, 3.63) is 65.8 Å². The van der Waals surface area contributed by atoms with E-state index in [1.165, 1.54) is 11.9 Å². The van der Waals surface area contributed by atoms with Gasteiger partial charge in [0.05, 0.1) is 16.6 Å². The number of benzene rings is 1. The van der Waals surface area contributed by atoms with Gasteiger partial charge in [-0.3, -0.25) is 34.3 Å². The number of rotatable bonds is 15. The Kier molecular flexibility index (Phi) is 14.8. The van der Waals surface area contributed by atoms with Crippen molar-refractivity contribution in [2.24, 2.45) is 5.92 Å². The molecule has 0 spiro atoms. The minimum absolute atomic E-state index is 0.0336. The van der Waals surface area contributed by atoms with E-state index in [0.29, 0.717) is 78.0 Å². The number of aromatic nitrogens is 6. The van der Waals surface area contributed by atoms with Crippen LogP contribution in [0.2, 0.25) is 0 Å². The molecule has 0 radical (unpaired) electrons. The van der Waals surface area contributed by atoms with Crippen molar-refractivity contribution < 1.29 is 33.6 Å². The Morgan fingerprint density at radius 1 is 0.925 bits per heavy atom. The number of pyridine rings is 1. The van der Waals surface area contributed by atoms with Gasteiger partial charge in [0.25, 0.3) is 6.47 Å². The molecule has 4 amide bonds. The molecular formula is C48H60N12O7. The molecular weight excluding hydrogens is 857 g/mol. The summed E-state index contributed by atoms with van der Waals surface area (Å²) in [4.78, 5) is 75.9. The summed E-state index contributed by atoms with van der Waals surface area (Å²) < 4.78 is 7.76. The third-order valence-corrected chi connectivity index (χ3v) is 13.3. The number of likely N-dealkylation sites (tertiary alicyclic amines) is 2. The second-order valence-electron chi connectivity index (χ2n) is 18.3. The van der Waals surface area contributed by atoms with Crippen LogP contribution in [0.3, 0.4) is 0 Å². The highest BCUT2D eigenvalue weighted by molar-refractivity contribution is 6.02. The molecule has 9 rings (SSSR count). The van der Waals surface area contributed by atoms with Crippen molar-refractivity contribution in [3.8, 4) is 22.6 Å². The van der Waals surface area contributed by atoms with E-state index in [1.54, 1.807) is 6.20 Å². The van der Waals surface area contributed by atoms with Gasteiger partial charge in [0, 0.05) is 69.3 Å². The van der Waals surface area contributed by atoms with Crippen LogP contribution in [0.1, 0.15) is 119 Å². The van der Waals surface area contributed by atoms with Crippen LogP contribution in [0.15, 0.2) is 53.4 Å². The van der Waals surface area contributed by atoms with Crippen molar-refractivity contribution in [1.82, 2.24) is 50.3 Å². The second-order valence-corrected chi connectivity index (χ2v) is 18.3. The van der Waals surface area contributed by atoms with Gasteiger partial charge in [-0.05, 0) is 119 Å². The van der Waals surface area contributed by atoms with Crippen LogP contribution in [-0.2, 0) is 30.5 Å². The number of piperidine rings is 3. The van der Waals surface area contributed by atoms with Gasteiger partial charge in [-0.1, -0.05) is 23.4 Å². The summed E-state index contributed by atoms with van der Waals surface area (Å²) in [6, 6.07) is 11.9. The maximum atomic E-state index is 13.1. The van der Waals surface area contributed by atoms with Crippen LogP contribution in [0, 0.1) is 5.92 Å². The van der Waals surface area contributed by atoms with Crippen LogP contribution in [0.25, 0.3) is 33.7 Å². The van der Waals surface area contributed by atoms with Gasteiger partial charge in [0.1, 0.15) is 35.3 Å². The smallest absolute Gasteiger partial charge is 0.290 e. The van der Waals surface area contributed by atoms with Crippen molar-refractivity contribution in [3.63, 3.8) is 0 Å². The summed E-state index contributed by atoms with van der Waals surface area (Å²) in [6.45, 7) is 8.87. The highest BCUT2D eigenvalue weighted by Crippen LogP contribution is 2.48. The first-order valence-corrected chi connectivity index (χ1v) is 23.5. The van der Waals surface area contributed by atoms with Gasteiger partial charge in [-0.15, -0.1) is 0 Å². The predicted molar refractivity (Wildman–Crippen MR) is 249 cm³/mol. The number of anilines is 2. The molecule has 6 N–H and O–H groups in total. The Balaban J connectivity index is 0.00000198. The number of hydrogen-bond donors (Lipinski definition) is 5. The maximum absolute atomic E-state index is 13.1. The average Bonchev–Trinajstić information content (AvgIpc) is 3.95. The fourth-order valence-electron chi connectivity index (χ4n) is 9.44. The number of carbonyl (C=O) groups is 5. The number of nitrogens with two attached hydrogens (primary N) is 1. The minimum atomic E-state index is -0.380. The van der Waals surface area contributed by atoms with Crippen LogP contribution in [-0.4, -0.2) is 114 Å². The minimum Gasteiger partial charge on any atom is -0.483 e. The zero-order valence-corrected chi connectivity index (χ0v) is 38.2. The molecule has 0 bridgehead atoms. The topological polar surface area (TPSA) is 257 Å². The summed E-state index contributed by atoms with van der Waals surface area (Å²) in [5.41, 5.74) is 12.7. The lowest BCUT2D eigenvalue weighted by Gasteiger charge is -2.38. The third-order valence-electron chi connectivity index (χ3n) is 13.3. The molecule has 4 fully saturated rings. The summed E-state index contributed by atoms with van der Waals surface area (Å²) >= 11 is 0. The number of imide groups is 1. The first-order chi connectivity index (χ1) is 32.5. The zero-order chi connectivity index (χ0) is 47.0. The number of hydrogen-bond acceptors (Lipinski definition) is 14. The predicted octanol–water partition coefficient (Wildman–Crippen LogP) is 5.41. The van der Waals surface area contributed by atoms with E-state index in [2.05, 4.69) is 48.1 Å². The summed E-state index contributed by atoms with van der Waals surface area (Å²) in [7, 11) is 0. The van der Waals surface area contributed by atoms with Gasteiger partial charge in [-0.25, -0.2) is 14.6 Å². The lowest BCUT2D eigenvalue weighted by atomic mass is 9.88. The largest absolute Gasteiger partial charge is 0.483 e. The monoisotopic (exact) mass is 916 g/mol. The Morgan fingerprint density at radius 2 is 1.67 bits per heavy atom. The first kappa shape index (κ1) is 46.8. The van der Waals surface area contributed by atoms with Crippen molar-refractivity contribution in [1.29, 1.82) is 0 Å². The van der Waals surface area contributed by atoms with E-state index >= 15 is 0 Å². The van der Waals surface area contributed by atoms with Crippen LogP contribution < -0.4 is 21.7 Å². The molecule has 0 unspecified atom stereocenters. The van der Waals surface area contributed by atoms with E-state index in [9.17, 15) is 19.2 Å². The Morgan fingerprint density at radius 3 is 2.34 bits per heavy atom. The van der Waals surface area contributed by atoms with Crippen molar-refractivity contribution >= 4 is 52.6 Å². The van der Waals surface area contributed by atoms with E-state index < -0.39 is 0 Å². The van der Waals surface area contributed by atoms with Crippen LogP contribution in [0.4, 0.5) is 11.5 Å². The van der Waals surface area contributed by atoms with Gasteiger partial charge in [0.2, 0.25) is 23.6 Å². The Labute approximate surface area is 388 Å². The molecule has 19 nitrogen and oxygen atoms in total. The molecule has 4 aromatic heterocycles. The van der Waals surface area contributed by atoms with Gasteiger partial charge >= 0.3 is 0 Å². The van der Waals surface area contributed by atoms with Gasteiger partial charge in [-0.2, -0.15) is 5.10 Å². The second kappa shape index (κ2) is 21.3. The summed E-state index contributed by atoms with van der Waals surface area (Å²) in [5.74, 6) is 2.02. The van der Waals surface area contributed by atoms with Crippen LogP contribution in [0.5, 0.6) is 0 Å². The molecule has 3 aliphatic heterocycles.